The van der Waals surface area contributed by atoms with Crippen molar-refractivity contribution in [3.8, 4) is 0 Å². The molecule has 0 spiro atoms. The van der Waals surface area contributed by atoms with E-state index in [2.05, 4.69) is 31.2 Å². The molecule has 0 fully saturated rings. The molecule has 0 bridgehead atoms. The zero-order valence-electron chi connectivity index (χ0n) is 8.93. The molecule has 0 aromatic carbocycles. The molecule has 0 saturated carbocycles. The average molecular weight is 276 g/mol. The van der Waals surface area contributed by atoms with Crippen molar-refractivity contribution in [1.29, 1.82) is 0 Å². The summed E-state index contributed by atoms with van der Waals surface area (Å²) < 4.78 is 5.64. The van der Waals surface area contributed by atoms with Crippen LogP contribution in [0.3, 0.4) is 0 Å². The molecule has 1 heterocycles. The number of hydrogen-bond acceptors (Lipinski definition) is 4. The highest BCUT2D eigenvalue weighted by molar-refractivity contribution is 9.10. The summed E-state index contributed by atoms with van der Waals surface area (Å²) in [5.41, 5.74) is -0.508. The maximum Gasteiger partial charge on any atom is 0.267 e. The summed E-state index contributed by atoms with van der Waals surface area (Å²) >= 11 is 3.16. The van der Waals surface area contributed by atoms with Crippen molar-refractivity contribution < 1.29 is 4.74 Å². The lowest BCUT2D eigenvalue weighted by Gasteiger charge is -2.23. The van der Waals surface area contributed by atoms with Crippen LogP contribution in [0.2, 0.25) is 0 Å². The molecule has 0 atom stereocenters. The average Bonchev–Trinajstić information content (AvgIpc) is 2.20. The van der Waals surface area contributed by atoms with Gasteiger partial charge in [0.2, 0.25) is 0 Å². The normalized spacial score (nSPS) is 11.5. The van der Waals surface area contributed by atoms with Gasteiger partial charge in [-0.05, 0) is 29.8 Å². The molecular weight excluding hydrogens is 262 g/mol. The molecule has 5 nitrogen and oxygen atoms in total. The SMILES string of the molecule is COC(C)(C)CNc1nc[nH]c(=O)c1Br. The molecule has 0 saturated heterocycles. The van der Waals surface area contributed by atoms with Gasteiger partial charge in [-0.3, -0.25) is 4.79 Å². The smallest absolute Gasteiger partial charge is 0.267 e. The molecule has 2 N–H and O–H groups in total. The highest BCUT2D eigenvalue weighted by Crippen LogP contribution is 2.15. The van der Waals surface area contributed by atoms with E-state index in [9.17, 15) is 4.79 Å². The van der Waals surface area contributed by atoms with E-state index in [0.717, 1.165) is 0 Å². The summed E-state index contributed by atoms with van der Waals surface area (Å²) in [5.74, 6) is 0.517. The van der Waals surface area contributed by atoms with Crippen molar-refractivity contribution >= 4 is 21.7 Å². The number of ether oxygens (including phenoxy) is 1. The van der Waals surface area contributed by atoms with Crippen LogP contribution in [0.25, 0.3) is 0 Å². The minimum Gasteiger partial charge on any atom is -0.377 e. The number of aromatic amines is 1. The molecule has 0 aliphatic rings. The molecule has 0 aliphatic heterocycles. The van der Waals surface area contributed by atoms with Gasteiger partial charge in [0, 0.05) is 13.7 Å². The van der Waals surface area contributed by atoms with Crippen LogP contribution in [-0.4, -0.2) is 29.2 Å². The van der Waals surface area contributed by atoms with Gasteiger partial charge in [0.1, 0.15) is 10.3 Å². The molecule has 6 heteroatoms. The lowest BCUT2D eigenvalue weighted by atomic mass is 10.1. The summed E-state index contributed by atoms with van der Waals surface area (Å²) in [7, 11) is 1.64. The molecule has 1 rings (SSSR count). The Morgan fingerprint density at radius 1 is 1.67 bits per heavy atom. The van der Waals surface area contributed by atoms with Gasteiger partial charge in [0.15, 0.2) is 0 Å². The number of rotatable bonds is 4. The lowest BCUT2D eigenvalue weighted by Crippen LogP contribution is -2.32. The number of methoxy groups -OCH3 is 1. The summed E-state index contributed by atoms with van der Waals surface area (Å²) in [5, 5.41) is 3.04. The van der Waals surface area contributed by atoms with Crippen molar-refractivity contribution in [1.82, 2.24) is 9.97 Å². The zero-order valence-corrected chi connectivity index (χ0v) is 10.5. The van der Waals surface area contributed by atoms with Gasteiger partial charge >= 0.3 is 0 Å². The van der Waals surface area contributed by atoms with Gasteiger partial charge in [-0.1, -0.05) is 0 Å². The minimum absolute atomic E-state index is 0.206. The Bertz CT molecular complexity index is 389. The Morgan fingerprint density at radius 3 is 2.93 bits per heavy atom. The Balaban J connectivity index is 2.74. The number of nitrogens with one attached hydrogen (secondary N) is 2. The van der Waals surface area contributed by atoms with Crippen molar-refractivity contribution in [2.75, 3.05) is 19.0 Å². The maximum absolute atomic E-state index is 11.2. The molecule has 1 aromatic heterocycles. The number of halogens is 1. The van der Waals surface area contributed by atoms with Crippen LogP contribution in [0, 0.1) is 0 Å². The summed E-state index contributed by atoms with van der Waals surface area (Å²) in [6, 6.07) is 0. The number of H-pyrrole nitrogens is 1. The first kappa shape index (κ1) is 12.2. The number of hydrogen-bond donors (Lipinski definition) is 2. The van der Waals surface area contributed by atoms with E-state index in [1.165, 1.54) is 6.33 Å². The summed E-state index contributed by atoms with van der Waals surface area (Å²) in [6.07, 6.45) is 1.36. The highest BCUT2D eigenvalue weighted by atomic mass is 79.9. The second kappa shape index (κ2) is 4.76. The van der Waals surface area contributed by atoms with Crippen molar-refractivity contribution in [2.45, 2.75) is 19.4 Å². The molecule has 0 radical (unpaired) electrons. The molecule has 1 aromatic rings. The predicted molar refractivity (Wildman–Crippen MR) is 62.1 cm³/mol. The number of anilines is 1. The van der Waals surface area contributed by atoms with Gasteiger partial charge in [-0.2, -0.15) is 0 Å². The first-order valence-electron chi connectivity index (χ1n) is 4.48. The lowest BCUT2D eigenvalue weighted by molar-refractivity contribution is 0.0343. The zero-order chi connectivity index (χ0) is 11.5. The summed E-state index contributed by atoms with van der Waals surface area (Å²) in [4.78, 5) is 17.7. The Kier molecular flexibility index (Phi) is 3.87. The van der Waals surface area contributed by atoms with Gasteiger partial charge < -0.3 is 15.0 Å². The number of aromatic nitrogens is 2. The van der Waals surface area contributed by atoms with E-state index in [1.54, 1.807) is 7.11 Å². The number of nitrogens with zero attached hydrogens (tertiary/aromatic N) is 1. The molecule has 0 aliphatic carbocycles. The topological polar surface area (TPSA) is 67.0 Å². The van der Waals surface area contributed by atoms with E-state index in [-0.39, 0.29) is 11.2 Å². The van der Waals surface area contributed by atoms with Crippen molar-refractivity contribution in [3.05, 3.63) is 21.2 Å². The van der Waals surface area contributed by atoms with Crippen LogP contribution in [0.15, 0.2) is 15.6 Å². The Morgan fingerprint density at radius 2 is 2.33 bits per heavy atom. The van der Waals surface area contributed by atoms with E-state index < -0.39 is 0 Å². The van der Waals surface area contributed by atoms with Gasteiger partial charge in [0.05, 0.1) is 11.9 Å². The fourth-order valence-corrected chi connectivity index (χ4v) is 1.23. The molecule has 0 amide bonds. The standard InChI is InChI=1S/C9H14BrN3O2/c1-9(2,15-3)4-11-7-6(10)8(14)13-5-12-7/h5H,4H2,1-3H3,(H2,11,12,13,14). The van der Waals surface area contributed by atoms with E-state index in [1.807, 2.05) is 13.8 Å². The third-order valence-electron chi connectivity index (χ3n) is 2.03. The van der Waals surface area contributed by atoms with Crippen LogP contribution in [0.5, 0.6) is 0 Å². The van der Waals surface area contributed by atoms with E-state index in [0.29, 0.717) is 16.8 Å². The third-order valence-corrected chi connectivity index (χ3v) is 2.77. The van der Waals surface area contributed by atoms with Crippen LogP contribution in [0.1, 0.15) is 13.8 Å². The van der Waals surface area contributed by atoms with Crippen molar-refractivity contribution in [2.24, 2.45) is 0 Å². The quantitative estimate of drug-likeness (QED) is 0.871. The monoisotopic (exact) mass is 275 g/mol. The highest BCUT2D eigenvalue weighted by Gasteiger charge is 2.17. The van der Waals surface area contributed by atoms with Gasteiger partial charge in [-0.15, -0.1) is 0 Å². The van der Waals surface area contributed by atoms with E-state index in [4.69, 9.17) is 4.74 Å². The Hall–Kier alpha value is -0.880. The van der Waals surface area contributed by atoms with Crippen LogP contribution in [0.4, 0.5) is 5.82 Å². The summed E-state index contributed by atoms with van der Waals surface area (Å²) in [6.45, 7) is 4.46. The fraction of sp³-hybridized carbons (Fsp3) is 0.556. The largest absolute Gasteiger partial charge is 0.377 e. The maximum atomic E-state index is 11.2. The second-order valence-electron chi connectivity index (χ2n) is 3.71. The molecular formula is C9H14BrN3O2. The van der Waals surface area contributed by atoms with Gasteiger partial charge in [0.25, 0.3) is 5.56 Å². The first-order valence-corrected chi connectivity index (χ1v) is 5.28. The molecule has 15 heavy (non-hydrogen) atoms. The molecule has 84 valence electrons. The minimum atomic E-state index is -0.302. The molecule has 0 unspecified atom stereocenters. The second-order valence-corrected chi connectivity index (χ2v) is 4.50. The Labute approximate surface area is 96.4 Å². The van der Waals surface area contributed by atoms with Crippen molar-refractivity contribution in [3.63, 3.8) is 0 Å². The van der Waals surface area contributed by atoms with Crippen LogP contribution < -0.4 is 10.9 Å². The van der Waals surface area contributed by atoms with Crippen LogP contribution in [-0.2, 0) is 4.74 Å². The van der Waals surface area contributed by atoms with Gasteiger partial charge in [-0.25, -0.2) is 4.98 Å². The third kappa shape index (κ3) is 3.32. The fourth-order valence-electron chi connectivity index (χ4n) is 0.875. The first-order chi connectivity index (χ1) is 6.96. The van der Waals surface area contributed by atoms with E-state index >= 15 is 0 Å². The predicted octanol–water partition coefficient (Wildman–Crippen LogP) is 1.37. The van der Waals surface area contributed by atoms with Crippen LogP contribution >= 0.6 is 15.9 Å².